The molecule has 27 heavy (non-hydrogen) atoms. The predicted molar refractivity (Wildman–Crippen MR) is 100 cm³/mol. The monoisotopic (exact) mass is 374 g/mol. The van der Waals surface area contributed by atoms with Gasteiger partial charge in [-0.2, -0.15) is 5.26 Å². The van der Waals surface area contributed by atoms with Crippen LogP contribution in [-0.2, 0) is 19.9 Å². The third-order valence-corrected chi connectivity index (χ3v) is 4.58. The van der Waals surface area contributed by atoms with Gasteiger partial charge in [-0.1, -0.05) is 13.8 Å². The lowest BCUT2D eigenvalue weighted by Crippen LogP contribution is -2.38. The van der Waals surface area contributed by atoms with E-state index < -0.39 is 17.6 Å². The maximum Gasteiger partial charge on any atom is 0.323 e. The van der Waals surface area contributed by atoms with Crippen LogP contribution in [0.25, 0.3) is 0 Å². The largest absolute Gasteiger partial charge is 0.462 e. The zero-order valence-electron chi connectivity index (χ0n) is 15.8. The molecule has 9 nitrogen and oxygen atoms in total. The van der Waals surface area contributed by atoms with Crippen LogP contribution in [0.1, 0.15) is 38.1 Å². The zero-order valence-corrected chi connectivity index (χ0v) is 15.8. The number of aliphatic imine (C=N–C) groups is 1. The molecule has 3 atom stereocenters. The molecular formula is C18H26N6O3. The number of aromatic nitrogens is 1. The van der Waals surface area contributed by atoms with Gasteiger partial charge in [-0.3, -0.25) is 10.2 Å². The van der Waals surface area contributed by atoms with E-state index in [0.29, 0.717) is 30.1 Å². The summed E-state index contributed by atoms with van der Waals surface area (Å²) < 4.78 is 11.2. The van der Waals surface area contributed by atoms with Gasteiger partial charge in [0.1, 0.15) is 25.1 Å². The van der Waals surface area contributed by atoms with E-state index in [-0.39, 0.29) is 18.6 Å². The molecule has 5 N–H and O–H groups in total. The number of H-pyrrole nitrogens is 1. The fourth-order valence-corrected chi connectivity index (χ4v) is 2.87. The van der Waals surface area contributed by atoms with Crippen molar-refractivity contribution in [1.82, 2.24) is 10.3 Å². The minimum absolute atomic E-state index is 0.0125. The summed E-state index contributed by atoms with van der Waals surface area (Å²) in [7, 11) is 1.70. The Morgan fingerprint density at radius 1 is 1.67 bits per heavy atom. The summed E-state index contributed by atoms with van der Waals surface area (Å²) in [5.41, 5.74) is 5.88. The Morgan fingerprint density at radius 3 is 3.00 bits per heavy atom. The quantitative estimate of drug-likeness (QED) is 0.318. The number of nitrogens with two attached hydrogens (primary N) is 1. The first-order valence-corrected chi connectivity index (χ1v) is 8.82. The Morgan fingerprint density at radius 2 is 2.41 bits per heavy atom. The Bertz CT molecular complexity index is 751. The summed E-state index contributed by atoms with van der Waals surface area (Å²) in [6.07, 6.45) is 1.61. The number of carbonyl (C=O) groups is 1. The highest BCUT2D eigenvalue weighted by atomic mass is 16.6. The second-order valence-electron chi connectivity index (χ2n) is 6.76. The number of nitriles is 1. The van der Waals surface area contributed by atoms with Crippen molar-refractivity contribution in [3.63, 3.8) is 0 Å². The summed E-state index contributed by atoms with van der Waals surface area (Å²) in [6.45, 7) is 3.76. The molecule has 9 heteroatoms. The van der Waals surface area contributed by atoms with Crippen LogP contribution in [0.3, 0.4) is 0 Å². The third-order valence-electron chi connectivity index (χ3n) is 4.58. The fourth-order valence-electron chi connectivity index (χ4n) is 2.87. The van der Waals surface area contributed by atoms with Gasteiger partial charge in [-0.05, 0) is 30.9 Å². The summed E-state index contributed by atoms with van der Waals surface area (Å²) in [5, 5.41) is 19.7. The summed E-state index contributed by atoms with van der Waals surface area (Å²) in [4.78, 5) is 19.0. The average Bonchev–Trinajstić information content (AvgIpc) is 3.31. The average molecular weight is 374 g/mol. The Kier molecular flexibility index (Phi) is 6.71. The lowest BCUT2D eigenvalue weighted by atomic mass is 9.98. The highest BCUT2D eigenvalue weighted by molar-refractivity contribution is 6.00. The van der Waals surface area contributed by atoms with Crippen molar-refractivity contribution in [2.75, 3.05) is 13.7 Å². The number of aromatic amines is 1. The van der Waals surface area contributed by atoms with Gasteiger partial charge in [0.2, 0.25) is 0 Å². The number of carbonyl (C=O) groups excluding carboxylic acids is 1. The number of rotatable bonds is 7. The van der Waals surface area contributed by atoms with Crippen molar-refractivity contribution in [2.45, 2.75) is 44.4 Å². The van der Waals surface area contributed by atoms with Gasteiger partial charge in [-0.15, -0.1) is 0 Å². The van der Waals surface area contributed by atoms with Gasteiger partial charge >= 0.3 is 5.97 Å². The molecule has 0 bridgehead atoms. The third kappa shape index (κ3) is 4.53. The van der Waals surface area contributed by atoms with E-state index in [0.717, 1.165) is 6.34 Å². The first kappa shape index (κ1) is 20.6. The van der Waals surface area contributed by atoms with Crippen LogP contribution < -0.4 is 11.1 Å². The van der Waals surface area contributed by atoms with Crippen molar-refractivity contribution in [3.05, 3.63) is 23.5 Å². The van der Waals surface area contributed by atoms with Crippen molar-refractivity contribution in [1.29, 1.82) is 10.7 Å². The summed E-state index contributed by atoms with van der Waals surface area (Å²) in [5.74, 6) is 0.00348. The summed E-state index contributed by atoms with van der Waals surface area (Å²) >= 11 is 0. The van der Waals surface area contributed by atoms with E-state index in [1.807, 2.05) is 13.8 Å². The molecule has 2 heterocycles. The van der Waals surface area contributed by atoms with E-state index >= 15 is 0 Å². The van der Waals surface area contributed by atoms with Gasteiger partial charge < -0.3 is 25.5 Å². The van der Waals surface area contributed by atoms with E-state index in [2.05, 4.69) is 21.4 Å². The standard InChI is InChI=1S/C18H26N6O3/c1-11(2)15(21)17(25)26-8-12-6-7-18(9-19,27-12)14-5-4-13(24-14)16(22-3)23-10-20/h4-5,10-12,15,24H,6-8,21H2,1-3H3,(H2,20,22,23)/t12?,15-,18-/m0/s1. The summed E-state index contributed by atoms with van der Waals surface area (Å²) in [6, 6.07) is 5.09. The van der Waals surface area contributed by atoms with Gasteiger partial charge in [0.25, 0.3) is 0 Å². The van der Waals surface area contributed by atoms with Crippen molar-refractivity contribution in [3.8, 4) is 6.07 Å². The number of esters is 1. The highest BCUT2D eigenvalue weighted by Gasteiger charge is 2.44. The van der Waals surface area contributed by atoms with Crippen molar-refractivity contribution >= 4 is 18.1 Å². The predicted octanol–water partition coefficient (Wildman–Crippen LogP) is 1.01. The first-order valence-electron chi connectivity index (χ1n) is 8.82. The molecule has 0 saturated carbocycles. The molecule has 1 aliphatic rings. The number of hydrogen-bond acceptors (Lipinski definition) is 6. The molecule has 1 aromatic rings. The molecular weight excluding hydrogens is 348 g/mol. The van der Waals surface area contributed by atoms with Crippen LogP contribution in [-0.4, -0.2) is 48.9 Å². The highest BCUT2D eigenvalue weighted by Crippen LogP contribution is 2.38. The molecule has 0 radical (unpaired) electrons. The minimum atomic E-state index is -1.14. The molecule has 1 aliphatic heterocycles. The van der Waals surface area contributed by atoms with Gasteiger partial charge in [-0.25, -0.2) is 4.99 Å². The molecule has 0 aliphatic carbocycles. The second kappa shape index (κ2) is 8.79. The van der Waals surface area contributed by atoms with Crippen LogP contribution in [0.15, 0.2) is 17.1 Å². The van der Waals surface area contributed by atoms with Gasteiger partial charge in [0, 0.05) is 7.05 Å². The van der Waals surface area contributed by atoms with Crippen LogP contribution in [0, 0.1) is 22.7 Å². The molecule has 1 saturated heterocycles. The van der Waals surface area contributed by atoms with Gasteiger partial charge in [0.15, 0.2) is 11.4 Å². The fraction of sp³-hybridized carbons (Fsp3) is 0.556. The number of ether oxygens (including phenoxy) is 2. The SMILES string of the molecule is CN/C(=N/C=N)c1ccc([C@@]2(C#N)CCC(COC(=O)[C@@H](N)C(C)C)O2)[nH]1. The van der Waals surface area contributed by atoms with E-state index in [1.165, 1.54) is 0 Å². The van der Waals surface area contributed by atoms with E-state index in [9.17, 15) is 10.1 Å². The lowest BCUT2D eigenvalue weighted by Gasteiger charge is -2.21. The first-order chi connectivity index (χ1) is 12.9. The Hall–Kier alpha value is -2.70. The topological polar surface area (TPSA) is 149 Å². The Labute approximate surface area is 158 Å². The molecule has 1 aromatic heterocycles. The number of nitrogens with one attached hydrogen (secondary N) is 3. The van der Waals surface area contributed by atoms with Crippen LogP contribution >= 0.6 is 0 Å². The van der Waals surface area contributed by atoms with Crippen LogP contribution in [0.5, 0.6) is 0 Å². The van der Waals surface area contributed by atoms with Crippen LogP contribution in [0.4, 0.5) is 0 Å². The zero-order chi connectivity index (χ0) is 20.0. The van der Waals surface area contributed by atoms with Crippen LogP contribution in [0.2, 0.25) is 0 Å². The Balaban J connectivity index is 2.06. The number of nitrogens with zero attached hydrogens (tertiary/aromatic N) is 2. The molecule has 2 rings (SSSR count). The van der Waals surface area contributed by atoms with E-state index in [1.54, 1.807) is 19.2 Å². The molecule has 146 valence electrons. The maximum atomic E-state index is 11.9. The minimum Gasteiger partial charge on any atom is -0.462 e. The maximum absolute atomic E-state index is 11.9. The normalized spacial score (nSPS) is 23.7. The molecule has 0 aromatic carbocycles. The smallest absolute Gasteiger partial charge is 0.323 e. The molecule has 1 fully saturated rings. The molecule has 0 spiro atoms. The van der Waals surface area contributed by atoms with Crippen molar-refractivity contribution in [2.24, 2.45) is 16.6 Å². The van der Waals surface area contributed by atoms with Crippen molar-refractivity contribution < 1.29 is 14.3 Å². The lowest BCUT2D eigenvalue weighted by molar-refractivity contribution is -0.151. The number of hydrogen-bond donors (Lipinski definition) is 4. The number of amidine groups is 1. The van der Waals surface area contributed by atoms with E-state index in [4.69, 9.17) is 20.6 Å². The van der Waals surface area contributed by atoms with Gasteiger partial charge in [0.05, 0.1) is 17.5 Å². The second-order valence-corrected chi connectivity index (χ2v) is 6.76. The molecule has 1 unspecified atom stereocenters. The molecule has 0 amide bonds.